The van der Waals surface area contributed by atoms with E-state index in [0.29, 0.717) is 56.9 Å². The van der Waals surface area contributed by atoms with Crippen molar-refractivity contribution in [2.24, 2.45) is 0 Å². The van der Waals surface area contributed by atoms with Crippen molar-refractivity contribution >= 4 is 23.2 Å². The van der Waals surface area contributed by atoms with Crippen LogP contribution in [0.2, 0.25) is 0 Å². The lowest BCUT2D eigenvalue weighted by Gasteiger charge is -2.42. The monoisotopic (exact) mass is 552 g/mol. The van der Waals surface area contributed by atoms with Crippen LogP contribution in [0.25, 0.3) is 0 Å². The van der Waals surface area contributed by atoms with E-state index in [9.17, 15) is 9.59 Å². The van der Waals surface area contributed by atoms with Gasteiger partial charge in [0.05, 0.1) is 11.0 Å². The van der Waals surface area contributed by atoms with E-state index in [0.717, 1.165) is 74.6 Å². The lowest BCUT2D eigenvalue weighted by Crippen LogP contribution is -2.49. The minimum atomic E-state index is -0.870. The number of nitrogens with one attached hydrogen (secondary N) is 2. The van der Waals surface area contributed by atoms with Gasteiger partial charge in [-0.05, 0) is 62.1 Å². The average Bonchev–Trinajstić information content (AvgIpc) is 3.08. The van der Waals surface area contributed by atoms with Crippen LogP contribution in [-0.4, -0.2) is 82.3 Å². The van der Waals surface area contributed by atoms with Crippen molar-refractivity contribution in [1.29, 1.82) is 0 Å². The maximum atomic E-state index is 16.4. The number of Topliss-reactive ketones (excluding diaryl/α,β-unsaturated/α-hetero) is 1. The molecule has 1 aromatic carbocycles. The van der Waals surface area contributed by atoms with Crippen LogP contribution in [-0.2, 0) is 21.4 Å². The second kappa shape index (κ2) is 11.1. The highest BCUT2D eigenvalue weighted by Gasteiger charge is 2.48. The first-order chi connectivity index (χ1) is 19.4. The Morgan fingerprint density at radius 1 is 1.07 bits per heavy atom. The number of piperidine rings is 1. The van der Waals surface area contributed by atoms with E-state index in [-0.39, 0.29) is 23.1 Å². The Labute approximate surface area is 235 Å². The van der Waals surface area contributed by atoms with E-state index >= 15 is 4.39 Å². The molecular weight excluding hydrogens is 511 g/mol. The van der Waals surface area contributed by atoms with Crippen molar-refractivity contribution < 1.29 is 13.9 Å². The van der Waals surface area contributed by atoms with Crippen LogP contribution in [0.3, 0.4) is 0 Å². The number of hydrogen-bond donors (Lipinski definition) is 2. The molecule has 1 aliphatic carbocycles. The minimum Gasteiger partial charge on any atom is -0.385 e. The lowest BCUT2D eigenvalue weighted by atomic mass is 9.68. The second-order valence-corrected chi connectivity index (χ2v) is 11.9. The predicted molar refractivity (Wildman–Crippen MR) is 155 cm³/mol. The van der Waals surface area contributed by atoms with E-state index in [2.05, 4.69) is 26.2 Å². The SMILES string of the molecule is COCCC1CCC(=O)C2(CCN(c3nc4c(c(=O)[nH]3)CCCN4C)CC2)c2c(F)cc(N3CCNCC3)cc21. The van der Waals surface area contributed by atoms with Crippen molar-refractivity contribution in [1.82, 2.24) is 15.3 Å². The summed E-state index contributed by atoms with van der Waals surface area (Å²) >= 11 is 0. The standard InChI is InChI=1S/C30H41FN6O3/c1-35-12-3-4-22-27(35)33-29(34-28(22)39)37-13-8-30(9-14-37)25(38)6-5-20(7-17-40-2)23-18-21(19-24(31)26(23)30)36-15-10-32-11-16-36/h18-20,32H,3-17H2,1-2H3,(H,33,34,39). The number of aromatic amines is 1. The van der Waals surface area contributed by atoms with Crippen molar-refractivity contribution in [2.45, 2.75) is 56.3 Å². The van der Waals surface area contributed by atoms with Gasteiger partial charge in [-0.15, -0.1) is 0 Å². The van der Waals surface area contributed by atoms with Gasteiger partial charge in [-0.25, -0.2) is 4.39 Å². The molecule has 0 bridgehead atoms. The van der Waals surface area contributed by atoms with E-state index in [1.807, 2.05) is 11.9 Å². The van der Waals surface area contributed by atoms with Crippen LogP contribution >= 0.6 is 0 Å². The van der Waals surface area contributed by atoms with Gasteiger partial charge in [-0.2, -0.15) is 4.98 Å². The summed E-state index contributed by atoms with van der Waals surface area (Å²) in [6.45, 7) is 5.91. The second-order valence-electron chi connectivity index (χ2n) is 11.9. The quantitative estimate of drug-likeness (QED) is 0.585. The van der Waals surface area contributed by atoms with Crippen LogP contribution in [0.4, 0.5) is 21.8 Å². The van der Waals surface area contributed by atoms with Crippen molar-refractivity contribution in [3.05, 3.63) is 45.0 Å². The number of hydrogen-bond acceptors (Lipinski definition) is 8. The molecule has 2 fully saturated rings. The number of ketones is 1. The Balaban J connectivity index is 1.35. The zero-order valence-electron chi connectivity index (χ0n) is 23.7. The molecule has 4 aliphatic rings. The Hall–Kier alpha value is -2.98. The maximum absolute atomic E-state index is 16.4. The van der Waals surface area contributed by atoms with Crippen LogP contribution in [0.15, 0.2) is 16.9 Å². The third-order valence-corrected chi connectivity index (χ3v) is 9.61. The summed E-state index contributed by atoms with van der Waals surface area (Å²) < 4.78 is 21.8. The number of benzene rings is 1. The van der Waals surface area contributed by atoms with Gasteiger partial charge >= 0.3 is 0 Å². The van der Waals surface area contributed by atoms with E-state index in [1.165, 1.54) is 0 Å². The highest BCUT2D eigenvalue weighted by Crippen LogP contribution is 2.48. The average molecular weight is 553 g/mol. The molecule has 6 rings (SSSR count). The molecule has 216 valence electrons. The maximum Gasteiger partial charge on any atom is 0.257 e. The number of fused-ring (bicyclic) bond motifs is 3. The number of methoxy groups -OCH3 is 1. The van der Waals surface area contributed by atoms with Crippen molar-refractivity contribution in [3.8, 4) is 0 Å². The molecule has 1 unspecified atom stereocenters. The van der Waals surface area contributed by atoms with Gasteiger partial charge in [0.2, 0.25) is 5.95 Å². The molecule has 1 aromatic heterocycles. The first-order valence-electron chi connectivity index (χ1n) is 14.8. The molecule has 1 spiro atoms. The Morgan fingerprint density at radius 2 is 1.85 bits per heavy atom. The molecule has 1 atom stereocenters. The molecule has 9 nitrogen and oxygen atoms in total. The summed E-state index contributed by atoms with van der Waals surface area (Å²) in [6, 6.07) is 3.82. The molecule has 2 aromatic rings. The Bertz CT molecular complexity index is 1320. The van der Waals surface area contributed by atoms with E-state index in [1.54, 1.807) is 13.2 Å². The first kappa shape index (κ1) is 27.2. The summed E-state index contributed by atoms with van der Waals surface area (Å²) in [7, 11) is 3.66. The third-order valence-electron chi connectivity index (χ3n) is 9.61. The number of halogens is 1. The van der Waals surface area contributed by atoms with Gasteiger partial charge in [0.1, 0.15) is 17.4 Å². The smallest absolute Gasteiger partial charge is 0.257 e. The molecule has 4 heterocycles. The molecular formula is C30H41FN6O3. The third kappa shape index (κ3) is 4.79. The largest absolute Gasteiger partial charge is 0.385 e. The van der Waals surface area contributed by atoms with Gasteiger partial charge < -0.3 is 24.8 Å². The molecule has 0 radical (unpaired) electrons. The van der Waals surface area contributed by atoms with E-state index < -0.39 is 5.41 Å². The molecule has 3 aliphatic heterocycles. The highest BCUT2D eigenvalue weighted by atomic mass is 19.1. The minimum absolute atomic E-state index is 0.0721. The van der Waals surface area contributed by atoms with Gasteiger partial charge in [0.15, 0.2) is 0 Å². The normalized spacial score (nSPS) is 22.7. The predicted octanol–water partition coefficient (Wildman–Crippen LogP) is 2.72. The number of aromatic nitrogens is 2. The van der Waals surface area contributed by atoms with Gasteiger partial charge in [-0.3, -0.25) is 14.6 Å². The number of carbonyl (C=O) groups excluding carboxylic acids is 1. The number of ether oxygens (including phenoxy) is 1. The number of H-pyrrole nitrogens is 1. The van der Waals surface area contributed by atoms with Crippen LogP contribution in [0.5, 0.6) is 0 Å². The molecule has 0 saturated carbocycles. The Morgan fingerprint density at radius 3 is 2.60 bits per heavy atom. The van der Waals surface area contributed by atoms with Crippen LogP contribution in [0.1, 0.15) is 61.1 Å². The summed E-state index contributed by atoms with van der Waals surface area (Å²) in [5.41, 5.74) is 2.26. The number of carbonyl (C=O) groups is 1. The van der Waals surface area contributed by atoms with E-state index in [4.69, 9.17) is 9.72 Å². The highest BCUT2D eigenvalue weighted by molar-refractivity contribution is 5.92. The molecule has 40 heavy (non-hydrogen) atoms. The number of piperazine rings is 1. The van der Waals surface area contributed by atoms with Gasteiger partial charge in [0, 0.05) is 84.2 Å². The summed E-state index contributed by atoms with van der Waals surface area (Å²) in [4.78, 5) is 41.0. The van der Waals surface area contributed by atoms with Crippen molar-refractivity contribution in [3.63, 3.8) is 0 Å². The summed E-state index contributed by atoms with van der Waals surface area (Å²) in [5.74, 6) is 1.23. The van der Waals surface area contributed by atoms with Crippen molar-refractivity contribution in [2.75, 3.05) is 81.3 Å². The fraction of sp³-hybridized carbons (Fsp3) is 0.633. The van der Waals surface area contributed by atoms with Crippen LogP contribution in [0, 0.1) is 5.82 Å². The number of nitrogens with zero attached hydrogens (tertiary/aromatic N) is 4. The zero-order chi connectivity index (χ0) is 27.9. The topological polar surface area (TPSA) is 93.8 Å². The summed E-state index contributed by atoms with van der Waals surface area (Å²) in [6.07, 6.45) is 4.57. The zero-order valence-corrected chi connectivity index (χ0v) is 23.7. The molecule has 10 heteroatoms. The lowest BCUT2D eigenvalue weighted by molar-refractivity contribution is -0.125. The van der Waals surface area contributed by atoms with Gasteiger partial charge in [0.25, 0.3) is 5.56 Å². The first-order valence-corrected chi connectivity index (χ1v) is 14.8. The Kier molecular flexibility index (Phi) is 7.56. The molecule has 2 N–H and O–H groups in total. The van der Waals surface area contributed by atoms with Crippen LogP contribution < -0.4 is 25.6 Å². The molecule has 2 saturated heterocycles. The number of rotatable bonds is 5. The fourth-order valence-corrected chi connectivity index (χ4v) is 7.34. The fourth-order valence-electron chi connectivity index (χ4n) is 7.34. The molecule has 0 amide bonds. The summed E-state index contributed by atoms with van der Waals surface area (Å²) in [5, 5.41) is 3.37. The van der Waals surface area contributed by atoms with Gasteiger partial charge in [-0.1, -0.05) is 0 Å². The number of anilines is 3.